The van der Waals surface area contributed by atoms with E-state index in [-0.39, 0.29) is 29.6 Å². The number of carbonyl (C=O) groups is 2. The summed E-state index contributed by atoms with van der Waals surface area (Å²) >= 11 is 7.31. The first-order valence-corrected chi connectivity index (χ1v) is 8.31. The Kier molecular flexibility index (Phi) is 5.38. The molecule has 0 fully saturated rings. The van der Waals surface area contributed by atoms with Gasteiger partial charge in [0.1, 0.15) is 10.7 Å². The van der Waals surface area contributed by atoms with Crippen LogP contribution in [0, 0.1) is 0 Å². The molecule has 0 saturated carbocycles. The van der Waals surface area contributed by atoms with Gasteiger partial charge in [0, 0.05) is 21.5 Å². The zero-order valence-corrected chi connectivity index (χ0v) is 14.7. The second-order valence-corrected chi connectivity index (χ2v) is 7.32. The first-order chi connectivity index (χ1) is 10.7. The molecule has 1 aromatic heterocycles. The molecule has 2 rings (SSSR count). The number of nitrogens with one attached hydrogen (secondary N) is 2. The van der Waals surface area contributed by atoms with Crippen molar-refractivity contribution in [3.8, 4) is 10.6 Å². The molecule has 2 N–H and O–H groups in total. The van der Waals surface area contributed by atoms with Gasteiger partial charge in [-0.2, -0.15) is 0 Å². The zero-order valence-electron chi connectivity index (χ0n) is 13.1. The van der Waals surface area contributed by atoms with E-state index < -0.39 is 0 Å². The van der Waals surface area contributed by atoms with Crippen molar-refractivity contribution in [3.05, 3.63) is 40.4 Å². The molecule has 1 heterocycles. The van der Waals surface area contributed by atoms with Crippen LogP contribution in [0.5, 0.6) is 0 Å². The van der Waals surface area contributed by atoms with E-state index in [1.54, 1.807) is 17.5 Å². The molecular formula is C16H18ClN3O2S. The number of benzene rings is 1. The number of hydrogen-bond donors (Lipinski definition) is 2. The quantitative estimate of drug-likeness (QED) is 0.889. The minimum absolute atomic E-state index is 0.0832. The standard InChI is InChI=1S/C16H18ClN3O2S/c1-16(2,3)20-13(21)8-18-14(22)12-9-23-15(19-12)10-5-4-6-11(17)7-10/h4-7,9H,8H2,1-3H3,(H,18,22)(H,20,21). The predicted octanol–water partition coefficient (Wildman–Crippen LogP) is 3.11. The zero-order chi connectivity index (χ0) is 17.0. The van der Waals surface area contributed by atoms with Crippen LogP contribution in [0.1, 0.15) is 31.3 Å². The van der Waals surface area contributed by atoms with Crippen molar-refractivity contribution in [3.63, 3.8) is 0 Å². The van der Waals surface area contributed by atoms with Crippen molar-refractivity contribution in [2.24, 2.45) is 0 Å². The summed E-state index contributed by atoms with van der Waals surface area (Å²) in [6.07, 6.45) is 0. The SMILES string of the molecule is CC(C)(C)NC(=O)CNC(=O)c1csc(-c2cccc(Cl)c2)n1. The molecular weight excluding hydrogens is 334 g/mol. The van der Waals surface area contributed by atoms with Gasteiger partial charge < -0.3 is 10.6 Å². The van der Waals surface area contributed by atoms with Crippen LogP contribution in [-0.4, -0.2) is 28.9 Å². The highest BCUT2D eigenvalue weighted by atomic mass is 35.5. The smallest absolute Gasteiger partial charge is 0.271 e. The molecule has 2 amide bonds. The van der Waals surface area contributed by atoms with Gasteiger partial charge in [0.05, 0.1) is 6.54 Å². The molecule has 0 radical (unpaired) electrons. The average Bonchev–Trinajstić information content (AvgIpc) is 2.93. The van der Waals surface area contributed by atoms with Crippen LogP contribution >= 0.6 is 22.9 Å². The number of nitrogens with zero attached hydrogens (tertiary/aromatic N) is 1. The molecule has 0 aliphatic rings. The van der Waals surface area contributed by atoms with Crippen LogP contribution in [0.15, 0.2) is 29.6 Å². The summed E-state index contributed by atoms with van der Waals surface area (Å²) in [5.74, 6) is -0.616. The Morgan fingerprint density at radius 2 is 2.04 bits per heavy atom. The van der Waals surface area contributed by atoms with E-state index in [0.29, 0.717) is 10.0 Å². The summed E-state index contributed by atoms with van der Waals surface area (Å²) in [4.78, 5) is 28.0. The molecule has 0 aliphatic heterocycles. The summed E-state index contributed by atoms with van der Waals surface area (Å²) in [6, 6.07) is 7.28. The minimum Gasteiger partial charge on any atom is -0.350 e. The van der Waals surface area contributed by atoms with Crippen molar-refractivity contribution in [1.82, 2.24) is 15.6 Å². The van der Waals surface area contributed by atoms with Gasteiger partial charge in [0.15, 0.2) is 0 Å². The van der Waals surface area contributed by atoms with Gasteiger partial charge in [0.2, 0.25) is 5.91 Å². The lowest BCUT2D eigenvalue weighted by molar-refractivity contribution is -0.121. The van der Waals surface area contributed by atoms with Crippen molar-refractivity contribution >= 4 is 34.8 Å². The molecule has 0 bridgehead atoms. The maximum Gasteiger partial charge on any atom is 0.271 e. The van der Waals surface area contributed by atoms with Crippen LogP contribution in [0.3, 0.4) is 0 Å². The van der Waals surface area contributed by atoms with E-state index in [2.05, 4.69) is 15.6 Å². The molecule has 5 nitrogen and oxygen atoms in total. The fraction of sp³-hybridized carbons (Fsp3) is 0.312. The Hall–Kier alpha value is -1.92. The second kappa shape index (κ2) is 7.10. The van der Waals surface area contributed by atoms with Crippen LogP contribution in [0.2, 0.25) is 5.02 Å². The third-order valence-electron chi connectivity index (χ3n) is 2.73. The van der Waals surface area contributed by atoms with E-state index >= 15 is 0 Å². The van der Waals surface area contributed by atoms with Gasteiger partial charge in [0.25, 0.3) is 5.91 Å². The third kappa shape index (κ3) is 5.33. The summed E-state index contributed by atoms with van der Waals surface area (Å²) in [6.45, 7) is 5.55. The number of halogens is 1. The van der Waals surface area contributed by atoms with E-state index in [4.69, 9.17) is 11.6 Å². The van der Waals surface area contributed by atoms with Crippen LogP contribution in [0.4, 0.5) is 0 Å². The highest BCUT2D eigenvalue weighted by Crippen LogP contribution is 2.25. The predicted molar refractivity (Wildman–Crippen MR) is 92.8 cm³/mol. The first-order valence-electron chi connectivity index (χ1n) is 7.05. The maximum absolute atomic E-state index is 12.1. The third-order valence-corrected chi connectivity index (χ3v) is 3.86. The van der Waals surface area contributed by atoms with Gasteiger partial charge in [-0.25, -0.2) is 4.98 Å². The summed E-state index contributed by atoms with van der Waals surface area (Å²) in [5.41, 5.74) is 0.808. The molecule has 1 aromatic carbocycles. The Bertz CT molecular complexity index is 722. The summed E-state index contributed by atoms with van der Waals surface area (Å²) < 4.78 is 0. The monoisotopic (exact) mass is 351 g/mol. The first kappa shape index (κ1) is 17.4. The molecule has 0 aliphatic carbocycles. The van der Waals surface area contributed by atoms with E-state index in [9.17, 15) is 9.59 Å². The number of thiazole rings is 1. The number of rotatable bonds is 4. The van der Waals surface area contributed by atoms with Gasteiger partial charge in [-0.15, -0.1) is 11.3 Å². The van der Waals surface area contributed by atoms with Crippen molar-refractivity contribution in [1.29, 1.82) is 0 Å². The highest BCUT2D eigenvalue weighted by Gasteiger charge is 2.16. The lowest BCUT2D eigenvalue weighted by atomic mass is 10.1. The molecule has 23 heavy (non-hydrogen) atoms. The largest absolute Gasteiger partial charge is 0.350 e. The number of carbonyl (C=O) groups excluding carboxylic acids is 2. The fourth-order valence-corrected chi connectivity index (χ4v) is 2.83. The maximum atomic E-state index is 12.1. The van der Waals surface area contributed by atoms with E-state index in [1.165, 1.54) is 11.3 Å². The summed E-state index contributed by atoms with van der Waals surface area (Å²) in [7, 11) is 0. The Balaban J connectivity index is 1.98. The highest BCUT2D eigenvalue weighted by molar-refractivity contribution is 7.13. The normalized spacial score (nSPS) is 11.1. The molecule has 0 saturated heterocycles. The van der Waals surface area contributed by atoms with Gasteiger partial charge in [-0.1, -0.05) is 23.7 Å². The van der Waals surface area contributed by atoms with Gasteiger partial charge in [-0.3, -0.25) is 9.59 Å². The van der Waals surface area contributed by atoms with Crippen LogP contribution in [-0.2, 0) is 4.79 Å². The Morgan fingerprint density at radius 3 is 2.70 bits per heavy atom. The molecule has 0 unspecified atom stereocenters. The van der Waals surface area contributed by atoms with Crippen LogP contribution in [0.25, 0.3) is 10.6 Å². The fourth-order valence-electron chi connectivity index (χ4n) is 1.85. The lowest BCUT2D eigenvalue weighted by Gasteiger charge is -2.20. The summed E-state index contributed by atoms with van der Waals surface area (Å²) in [5, 5.41) is 8.32. The molecule has 2 aromatic rings. The Labute approximate surface area is 144 Å². The number of amides is 2. The topological polar surface area (TPSA) is 71.1 Å². The molecule has 0 spiro atoms. The van der Waals surface area contributed by atoms with Gasteiger partial charge >= 0.3 is 0 Å². The van der Waals surface area contributed by atoms with Crippen molar-refractivity contribution in [2.75, 3.05) is 6.54 Å². The van der Waals surface area contributed by atoms with Crippen LogP contribution < -0.4 is 10.6 Å². The minimum atomic E-state index is -0.376. The molecule has 7 heteroatoms. The Morgan fingerprint density at radius 1 is 1.30 bits per heavy atom. The van der Waals surface area contributed by atoms with Gasteiger partial charge in [-0.05, 0) is 32.9 Å². The average molecular weight is 352 g/mol. The number of hydrogen-bond acceptors (Lipinski definition) is 4. The van der Waals surface area contributed by atoms with Crippen molar-refractivity contribution in [2.45, 2.75) is 26.3 Å². The van der Waals surface area contributed by atoms with E-state index in [1.807, 2.05) is 32.9 Å². The molecule has 0 atom stereocenters. The second-order valence-electron chi connectivity index (χ2n) is 6.03. The molecule has 122 valence electrons. The van der Waals surface area contributed by atoms with E-state index in [0.717, 1.165) is 5.56 Å². The lowest BCUT2D eigenvalue weighted by Crippen LogP contribution is -2.45. The number of aromatic nitrogens is 1. The van der Waals surface area contributed by atoms with Crippen molar-refractivity contribution < 1.29 is 9.59 Å².